The van der Waals surface area contributed by atoms with Crippen molar-refractivity contribution in [1.82, 2.24) is 8.61 Å². The number of carbonyl (C=O) groups excluding carboxylic acids is 1. The van der Waals surface area contributed by atoms with Crippen LogP contribution >= 0.6 is 0 Å². The van der Waals surface area contributed by atoms with Gasteiger partial charge in [0, 0.05) is 32.2 Å². The molecule has 0 radical (unpaired) electrons. The molecule has 0 amide bonds. The van der Waals surface area contributed by atoms with Crippen LogP contribution in [0, 0.1) is 0 Å². The number of benzene rings is 2. The Hall–Kier alpha value is -2.93. The smallest absolute Gasteiger partial charge is 0.243 e. The number of hydrogen-bond acceptors (Lipinski definition) is 8. The highest BCUT2D eigenvalue weighted by atomic mass is 32.2. The predicted molar refractivity (Wildman–Crippen MR) is 115 cm³/mol. The summed E-state index contributed by atoms with van der Waals surface area (Å²) in [7, 11) is -7.67. The summed E-state index contributed by atoms with van der Waals surface area (Å²) >= 11 is 0. The molecule has 1 fully saturated rings. The summed E-state index contributed by atoms with van der Waals surface area (Å²) in [4.78, 5) is 10.6. The molecule has 0 N–H and O–H groups in total. The van der Waals surface area contributed by atoms with E-state index in [1.165, 1.54) is 51.1 Å². The minimum Gasteiger partial charge on any atom is -0.545 e. The van der Waals surface area contributed by atoms with Crippen LogP contribution in [0.25, 0.3) is 6.08 Å². The van der Waals surface area contributed by atoms with Gasteiger partial charge < -0.3 is 19.4 Å². The highest BCUT2D eigenvalue weighted by Gasteiger charge is 2.34. The second-order valence-electron chi connectivity index (χ2n) is 7.34. The molecule has 1 saturated heterocycles. The van der Waals surface area contributed by atoms with E-state index in [1.807, 2.05) is 0 Å². The van der Waals surface area contributed by atoms with Gasteiger partial charge in [-0.15, -0.1) is 0 Å². The summed E-state index contributed by atoms with van der Waals surface area (Å²) in [6.07, 6.45) is 2.15. The third-order valence-electron chi connectivity index (χ3n) is 5.28. The van der Waals surface area contributed by atoms with Crippen molar-refractivity contribution in [3.05, 3.63) is 54.1 Å². The Kier molecular flexibility index (Phi) is 6.43. The van der Waals surface area contributed by atoms with Crippen molar-refractivity contribution in [2.75, 3.05) is 39.4 Å². The first-order chi connectivity index (χ1) is 15.7. The molecule has 2 heterocycles. The van der Waals surface area contributed by atoms with E-state index >= 15 is 0 Å². The highest BCUT2D eigenvalue weighted by molar-refractivity contribution is 7.89. The van der Waals surface area contributed by atoms with Crippen molar-refractivity contribution in [2.45, 2.75) is 9.79 Å². The van der Waals surface area contributed by atoms with Crippen LogP contribution in [0.4, 0.5) is 0 Å². The van der Waals surface area contributed by atoms with Gasteiger partial charge >= 0.3 is 0 Å². The van der Waals surface area contributed by atoms with E-state index in [0.29, 0.717) is 30.3 Å². The number of hydrogen-bond donors (Lipinski definition) is 0. The molecule has 2 aromatic rings. The van der Waals surface area contributed by atoms with Crippen LogP contribution in [0.2, 0.25) is 0 Å². The third kappa shape index (κ3) is 4.88. The van der Waals surface area contributed by atoms with Crippen LogP contribution in [-0.4, -0.2) is 70.8 Å². The lowest BCUT2D eigenvalue weighted by Gasteiger charge is -2.33. The van der Waals surface area contributed by atoms with Crippen molar-refractivity contribution >= 4 is 32.1 Å². The minimum absolute atomic E-state index is 0.00153. The highest BCUT2D eigenvalue weighted by Crippen LogP contribution is 2.33. The van der Waals surface area contributed by atoms with Crippen LogP contribution < -0.4 is 14.6 Å². The third-order valence-corrected chi connectivity index (χ3v) is 9.09. The Morgan fingerprint density at radius 3 is 1.88 bits per heavy atom. The summed E-state index contributed by atoms with van der Waals surface area (Å²) in [6.45, 7) is 0.734. The number of ether oxygens (including phenoxy) is 2. The molecule has 12 heteroatoms. The van der Waals surface area contributed by atoms with E-state index in [1.54, 1.807) is 6.07 Å². The van der Waals surface area contributed by atoms with E-state index < -0.39 is 26.0 Å². The first-order valence-corrected chi connectivity index (χ1v) is 12.9. The average Bonchev–Trinajstić information content (AvgIpc) is 2.82. The van der Waals surface area contributed by atoms with Gasteiger partial charge in [0.15, 0.2) is 11.5 Å². The van der Waals surface area contributed by atoms with Crippen molar-refractivity contribution in [3.8, 4) is 11.5 Å². The summed E-state index contributed by atoms with van der Waals surface area (Å²) < 4.78 is 65.4. The monoisotopic (exact) mass is 493 g/mol. The first kappa shape index (κ1) is 23.2. The van der Waals surface area contributed by atoms with Crippen LogP contribution in [0.15, 0.2) is 58.3 Å². The zero-order valence-corrected chi connectivity index (χ0v) is 19.0. The molecule has 2 aliphatic rings. The van der Waals surface area contributed by atoms with Gasteiger partial charge in [-0.25, -0.2) is 16.8 Å². The van der Waals surface area contributed by atoms with Gasteiger partial charge in [0.1, 0.15) is 13.2 Å². The Morgan fingerprint density at radius 2 is 1.30 bits per heavy atom. The van der Waals surface area contributed by atoms with Gasteiger partial charge in [0.25, 0.3) is 0 Å². The molecule has 2 aromatic carbocycles. The minimum atomic E-state index is -3.83. The largest absolute Gasteiger partial charge is 0.545 e. The van der Waals surface area contributed by atoms with E-state index in [-0.39, 0.29) is 36.0 Å². The fraction of sp³-hybridized carbons (Fsp3) is 0.286. The van der Waals surface area contributed by atoms with Crippen LogP contribution in [0.5, 0.6) is 11.5 Å². The fourth-order valence-electron chi connectivity index (χ4n) is 3.55. The maximum atomic E-state index is 13.1. The molecule has 33 heavy (non-hydrogen) atoms. The molecule has 0 atom stereocenters. The lowest BCUT2D eigenvalue weighted by Crippen LogP contribution is -2.50. The second-order valence-corrected chi connectivity index (χ2v) is 11.2. The zero-order chi connectivity index (χ0) is 23.6. The summed E-state index contributed by atoms with van der Waals surface area (Å²) in [5.74, 6) is -0.505. The maximum Gasteiger partial charge on any atom is 0.243 e. The van der Waals surface area contributed by atoms with Crippen molar-refractivity contribution < 1.29 is 36.2 Å². The zero-order valence-electron chi connectivity index (χ0n) is 17.4. The molecular weight excluding hydrogens is 472 g/mol. The van der Waals surface area contributed by atoms with Crippen molar-refractivity contribution in [1.29, 1.82) is 0 Å². The standard InChI is InChI=1S/C21H22N2O8S2/c24-21(25)8-3-16-1-4-17(5-2-16)32(26,27)22-9-11-23(12-10-22)33(28,29)18-6-7-19-20(15-18)31-14-13-30-19/h1-8,15H,9-14H2,(H,24,25)/p-1/b8-3+. The Labute approximate surface area is 191 Å². The number of carboxylic acid groups (broad SMARTS) is 1. The molecule has 2 aliphatic heterocycles. The number of piperazine rings is 1. The van der Waals surface area contributed by atoms with Gasteiger partial charge in [-0.3, -0.25) is 0 Å². The molecule has 0 aromatic heterocycles. The van der Waals surface area contributed by atoms with Gasteiger partial charge in [-0.05, 0) is 35.9 Å². The first-order valence-electron chi connectivity index (χ1n) is 10.1. The molecule has 4 rings (SSSR count). The lowest BCUT2D eigenvalue weighted by atomic mass is 10.2. The van der Waals surface area contributed by atoms with Crippen molar-refractivity contribution in [2.24, 2.45) is 0 Å². The molecule has 0 bridgehead atoms. The number of nitrogens with zero attached hydrogens (tertiary/aromatic N) is 2. The molecule has 0 aliphatic carbocycles. The quantitative estimate of drug-likeness (QED) is 0.510. The van der Waals surface area contributed by atoms with E-state index in [9.17, 15) is 26.7 Å². The molecule has 176 valence electrons. The van der Waals surface area contributed by atoms with E-state index in [4.69, 9.17) is 9.47 Å². The summed E-state index contributed by atoms with van der Waals surface area (Å²) in [5.41, 5.74) is 0.508. The number of carbonyl (C=O) groups is 1. The van der Waals surface area contributed by atoms with Gasteiger partial charge in [0.05, 0.1) is 15.8 Å². The number of rotatable bonds is 6. The molecule has 0 saturated carbocycles. The van der Waals surface area contributed by atoms with Gasteiger partial charge in [-0.1, -0.05) is 18.2 Å². The van der Waals surface area contributed by atoms with Gasteiger partial charge in [-0.2, -0.15) is 8.61 Å². The molecule has 0 spiro atoms. The average molecular weight is 494 g/mol. The summed E-state index contributed by atoms with van der Waals surface area (Å²) in [5, 5.41) is 10.5. The maximum absolute atomic E-state index is 13.1. The molecule has 10 nitrogen and oxygen atoms in total. The molecule has 0 unspecified atom stereocenters. The van der Waals surface area contributed by atoms with Crippen molar-refractivity contribution in [3.63, 3.8) is 0 Å². The lowest BCUT2D eigenvalue weighted by molar-refractivity contribution is -0.297. The number of fused-ring (bicyclic) bond motifs is 1. The Morgan fingerprint density at radius 1 is 0.788 bits per heavy atom. The normalized spacial score (nSPS) is 17.8. The number of sulfonamides is 2. The second kappa shape index (κ2) is 9.14. The Bertz CT molecular complexity index is 1280. The SMILES string of the molecule is O=C([O-])/C=C/c1ccc(S(=O)(=O)N2CCN(S(=O)(=O)c3ccc4c(c3)OCCO4)CC2)cc1. The van der Waals surface area contributed by atoms with E-state index in [0.717, 1.165) is 6.08 Å². The van der Waals surface area contributed by atoms with Crippen LogP contribution in [0.3, 0.4) is 0 Å². The summed E-state index contributed by atoms with van der Waals surface area (Å²) in [6, 6.07) is 10.1. The van der Waals surface area contributed by atoms with Crippen LogP contribution in [-0.2, 0) is 24.8 Å². The van der Waals surface area contributed by atoms with Gasteiger partial charge in [0.2, 0.25) is 20.0 Å². The number of carboxylic acids is 1. The number of aliphatic carboxylic acids is 1. The topological polar surface area (TPSA) is 133 Å². The fourth-order valence-corrected chi connectivity index (χ4v) is 6.41. The predicted octanol–water partition coefficient (Wildman–Crippen LogP) is -0.0839. The van der Waals surface area contributed by atoms with Crippen LogP contribution in [0.1, 0.15) is 5.56 Å². The van der Waals surface area contributed by atoms with E-state index in [2.05, 4.69) is 0 Å². The Balaban J connectivity index is 1.45. The molecular formula is C21H21N2O8S2-.